The molecule has 1 heterocycles. The van der Waals surface area contributed by atoms with Crippen LogP contribution in [0.25, 0.3) is 0 Å². The predicted octanol–water partition coefficient (Wildman–Crippen LogP) is 2.43. The van der Waals surface area contributed by atoms with E-state index in [-0.39, 0.29) is 10.8 Å². The van der Waals surface area contributed by atoms with Gasteiger partial charge in [0.25, 0.3) is 0 Å². The van der Waals surface area contributed by atoms with E-state index in [1.807, 2.05) is 27.7 Å². The third kappa shape index (κ3) is 4.03. The van der Waals surface area contributed by atoms with E-state index in [9.17, 15) is 4.55 Å². The molecule has 1 unspecified atom stereocenters. The fourth-order valence-corrected chi connectivity index (χ4v) is 2.18. The average Bonchev–Trinajstić information content (AvgIpc) is 2.20. The molecule has 6 heteroatoms. The van der Waals surface area contributed by atoms with Crippen LogP contribution in [0.1, 0.15) is 39.3 Å². The van der Waals surface area contributed by atoms with E-state index in [0.717, 1.165) is 5.56 Å². The van der Waals surface area contributed by atoms with Crippen molar-refractivity contribution in [1.82, 2.24) is 9.71 Å². The normalized spacial score (nSPS) is 15.6. The Labute approximate surface area is 110 Å². The van der Waals surface area contributed by atoms with Crippen LogP contribution in [0, 0.1) is 0 Å². The fraction of sp³-hybridized carbons (Fsp3) is 0.545. The highest BCUT2D eigenvalue weighted by molar-refractivity contribution is 7.90. The van der Waals surface area contributed by atoms with Crippen LogP contribution in [0.15, 0.2) is 12.3 Å². The van der Waals surface area contributed by atoms with E-state index in [1.54, 1.807) is 6.07 Å². The molecule has 0 aromatic carbocycles. The van der Waals surface area contributed by atoms with Crippen molar-refractivity contribution in [2.45, 2.75) is 38.5 Å². The second kappa shape index (κ2) is 5.44. The largest absolute Gasteiger partial charge is 0.598 e. The molecule has 0 bridgehead atoms. The van der Waals surface area contributed by atoms with Gasteiger partial charge in [0.1, 0.15) is 10.6 Å². The second-order valence-corrected chi connectivity index (χ2v) is 7.28. The molecule has 3 N–H and O–H groups in total. The van der Waals surface area contributed by atoms with Crippen LogP contribution in [-0.4, -0.2) is 14.3 Å². The number of anilines is 1. The molecule has 4 nitrogen and oxygen atoms in total. The first-order valence-corrected chi connectivity index (χ1v) is 6.83. The van der Waals surface area contributed by atoms with Crippen molar-refractivity contribution < 1.29 is 4.55 Å². The molecule has 0 radical (unpaired) electrons. The first kappa shape index (κ1) is 14.6. The van der Waals surface area contributed by atoms with E-state index in [0.29, 0.717) is 10.8 Å². The van der Waals surface area contributed by atoms with Crippen LogP contribution in [0.2, 0.25) is 5.02 Å². The summed E-state index contributed by atoms with van der Waals surface area (Å²) < 4.78 is 14.6. The lowest BCUT2D eigenvalue weighted by Crippen LogP contribution is -2.40. The molecular formula is C11H18ClN3OS. The summed E-state index contributed by atoms with van der Waals surface area (Å²) in [5.41, 5.74) is 6.53. The van der Waals surface area contributed by atoms with Gasteiger partial charge < -0.3 is 10.3 Å². The Morgan fingerprint density at radius 2 is 2.12 bits per heavy atom. The zero-order valence-corrected chi connectivity index (χ0v) is 12.0. The fourth-order valence-electron chi connectivity index (χ4n) is 1.21. The maximum Gasteiger partial charge on any atom is 0.136 e. The van der Waals surface area contributed by atoms with Gasteiger partial charge in [-0.1, -0.05) is 11.6 Å². The minimum Gasteiger partial charge on any atom is -0.598 e. The van der Waals surface area contributed by atoms with Gasteiger partial charge in [0.05, 0.1) is 11.1 Å². The molecule has 0 saturated carbocycles. The number of pyridine rings is 1. The summed E-state index contributed by atoms with van der Waals surface area (Å²) in [4.78, 5) is 3.98. The van der Waals surface area contributed by atoms with Gasteiger partial charge >= 0.3 is 0 Å². The minimum absolute atomic E-state index is 0.166. The summed E-state index contributed by atoms with van der Waals surface area (Å²) in [6, 6.07) is 1.57. The highest BCUT2D eigenvalue weighted by atomic mass is 35.5. The van der Waals surface area contributed by atoms with E-state index in [1.165, 1.54) is 6.20 Å². The highest BCUT2D eigenvalue weighted by Crippen LogP contribution is 2.24. The molecule has 0 fully saturated rings. The van der Waals surface area contributed by atoms with Crippen molar-refractivity contribution >= 4 is 28.8 Å². The van der Waals surface area contributed by atoms with Crippen molar-refractivity contribution in [3.63, 3.8) is 0 Å². The predicted molar refractivity (Wildman–Crippen MR) is 73.1 cm³/mol. The van der Waals surface area contributed by atoms with Crippen LogP contribution in [0.5, 0.6) is 0 Å². The summed E-state index contributed by atoms with van der Waals surface area (Å²) in [5.74, 6) is 0.403. The molecule has 2 atom stereocenters. The molecule has 1 rings (SSSR count). The molecule has 1 aromatic rings. The molecule has 0 saturated heterocycles. The first-order valence-electron chi connectivity index (χ1n) is 5.31. The smallest absolute Gasteiger partial charge is 0.136 e. The summed E-state index contributed by atoms with van der Waals surface area (Å²) in [6.07, 6.45) is 1.49. The Morgan fingerprint density at radius 3 is 2.65 bits per heavy atom. The summed E-state index contributed by atoms with van der Waals surface area (Å²) in [6.45, 7) is 7.60. The number of rotatable bonds is 3. The molecule has 0 amide bonds. The Balaban J connectivity index is 2.83. The SMILES string of the molecule is C[C@@H](N[S+]([O-])C(C)(C)C)c1cc(Cl)cnc1N. The second-order valence-electron chi connectivity index (χ2n) is 4.85. The molecule has 96 valence electrons. The quantitative estimate of drug-likeness (QED) is 0.831. The molecule has 0 spiro atoms. The Hall–Kier alpha value is -0.490. The number of nitrogens with zero attached hydrogens (tertiary/aromatic N) is 1. The third-order valence-corrected chi connectivity index (χ3v) is 4.11. The number of nitrogen functional groups attached to an aromatic ring is 1. The van der Waals surface area contributed by atoms with E-state index in [4.69, 9.17) is 17.3 Å². The standard InChI is InChI=1S/C11H18ClN3OS/c1-7(15-17(16)11(2,3)4)9-5-8(12)6-14-10(9)13/h5-7,15H,1-4H3,(H2,13,14)/t7-,17?/m1/s1. The first-order chi connectivity index (χ1) is 7.71. The zero-order valence-electron chi connectivity index (χ0n) is 10.5. The average molecular weight is 276 g/mol. The third-order valence-electron chi connectivity index (χ3n) is 2.22. The van der Waals surface area contributed by atoms with Crippen LogP contribution >= 0.6 is 11.6 Å². The van der Waals surface area contributed by atoms with Crippen LogP contribution < -0.4 is 10.5 Å². The van der Waals surface area contributed by atoms with E-state index < -0.39 is 11.4 Å². The lowest BCUT2D eigenvalue weighted by molar-refractivity contribution is 0.531. The summed E-state index contributed by atoms with van der Waals surface area (Å²) in [5, 5.41) is 0.518. The molecule has 0 aliphatic heterocycles. The van der Waals surface area contributed by atoms with Crippen molar-refractivity contribution in [2.24, 2.45) is 0 Å². The lowest BCUT2D eigenvalue weighted by Gasteiger charge is -2.26. The van der Waals surface area contributed by atoms with Gasteiger partial charge in [-0.3, -0.25) is 0 Å². The van der Waals surface area contributed by atoms with Gasteiger partial charge in [-0.15, -0.1) is 4.72 Å². The van der Waals surface area contributed by atoms with Gasteiger partial charge in [0.15, 0.2) is 0 Å². The number of hydrogen-bond donors (Lipinski definition) is 2. The Morgan fingerprint density at radius 1 is 1.53 bits per heavy atom. The summed E-state index contributed by atoms with van der Waals surface area (Å²) >= 11 is 4.71. The van der Waals surface area contributed by atoms with Gasteiger partial charge in [-0.2, -0.15) is 0 Å². The van der Waals surface area contributed by atoms with Gasteiger partial charge in [-0.25, -0.2) is 4.98 Å². The monoisotopic (exact) mass is 275 g/mol. The molecular weight excluding hydrogens is 258 g/mol. The van der Waals surface area contributed by atoms with E-state index >= 15 is 0 Å². The van der Waals surface area contributed by atoms with Crippen LogP contribution in [-0.2, 0) is 11.4 Å². The topological polar surface area (TPSA) is 74.0 Å². The van der Waals surface area contributed by atoms with Crippen molar-refractivity contribution in [3.05, 3.63) is 22.8 Å². The maximum atomic E-state index is 12.0. The Bertz CT molecular complexity index is 395. The number of aromatic nitrogens is 1. The molecule has 1 aromatic heterocycles. The minimum atomic E-state index is -1.16. The highest BCUT2D eigenvalue weighted by Gasteiger charge is 2.28. The van der Waals surface area contributed by atoms with Crippen LogP contribution in [0.3, 0.4) is 0 Å². The van der Waals surface area contributed by atoms with Crippen LogP contribution in [0.4, 0.5) is 5.82 Å². The Kier molecular flexibility index (Phi) is 4.66. The van der Waals surface area contributed by atoms with Gasteiger partial charge in [0.2, 0.25) is 0 Å². The van der Waals surface area contributed by atoms with Gasteiger partial charge in [-0.05, 0) is 33.8 Å². The number of nitrogens with two attached hydrogens (primary N) is 1. The maximum absolute atomic E-state index is 12.0. The number of nitrogens with one attached hydrogen (secondary N) is 1. The van der Waals surface area contributed by atoms with Crippen molar-refractivity contribution in [2.75, 3.05) is 5.73 Å². The van der Waals surface area contributed by atoms with Crippen molar-refractivity contribution in [1.29, 1.82) is 0 Å². The van der Waals surface area contributed by atoms with Gasteiger partial charge in [0, 0.05) is 23.1 Å². The number of hydrogen-bond acceptors (Lipinski definition) is 4. The number of halogens is 1. The zero-order chi connectivity index (χ0) is 13.2. The molecule has 0 aliphatic carbocycles. The lowest BCUT2D eigenvalue weighted by atomic mass is 10.1. The molecule has 0 aliphatic rings. The van der Waals surface area contributed by atoms with Crippen molar-refractivity contribution in [3.8, 4) is 0 Å². The van der Waals surface area contributed by atoms with E-state index in [2.05, 4.69) is 9.71 Å². The summed E-state index contributed by atoms with van der Waals surface area (Å²) in [7, 11) is 0. The molecule has 17 heavy (non-hydrogen) atoms.